The van der Waals surface area contributed by atoms with Gasteiger partial charge in [-0.3, -0.25) is 0 Å². The van der Waals surface area contributed by atoms with Crippen molar-refractivity contribution in [3.8, 4) is 0 Å². The summed E-state index contributed by atoms with van der Waals surface area (Å²) < 4.78 is 0. The van der Waals surface area contributed by atoms with Gasteiger partial charge in [0, 0.05) is 17.0 Å². The smallest absolute Gasteiger partial charge is 0.0449 e. The fraction of sp³-hybridized carbons (Fsp3) is 0.333. The molecule has 0 bridgehead atoms. The second-order valence-corrected chi connectivity index (χ2v) is 6.56. The Morgan fingerprint density at radius 1 is 1.05 bits per heavy atom. The summed E-state index contributed by atoms with van der Waals surface area (Å²) in [5, 5.41) is 0.342. The van der Waals surface area contributed by atoms with Crippen LogP contribution in [0, 0.1) is 13.8 Å². The normalized spacial score (nSPS) is 14.0. The average Bonchev–Trinajstić information content (AvgIpc) is 2.41. The van der Waals surface area contributed by atoms with E-state index in [-0.39, 0.29) is 6.04 Å². The molecular formula is C18H23NS. The van der Waals surface area contributed by atoms with Gasteiger partial charge in [-0.25, -0.2) is 0 Å². The lowest BCUT2D eigenvalue weighted by atomic mass is 10.0. The molecule has 0 aliphatic heterocycles. The first-order valence-electron chi connectivity index (χ1n) is 7.06. The molecule has 2 heteroatoms. The summed E-state index contributed by atoms with van der Waals surface area (Å²) in [4.78, 5) is 0. The van der Waals surface area contributed by atoms with Crippen molar-refractivity contribution in [2.24, 2.45) is 5.73 Å². The van der Waals surface area contributed by atoms with E-state index in [9.17, 15) is 0 Å². The van der Waals surface area contributed by atoms with Crippen LogP contribution in [-0.4, -0.2) is 6.04 Å². The van der Waals surface area contributed by atoms with Gasteiger partial charge in [-0.05, 0) is 37.5 Å². The van der Waals surface area contributed by atoms with Gasteiger partial charge in [0.15, 0.2) is 0 Å². The van der Waals surface area contributed by atoms with Crippen LogP contribution in [0.3, 0.4) is 0 Å². The van der Waals surface area contributed by atoms with Gasteiger partial charge in [-0.1, -0.05) is 54.1 Å². The lowest BCUT2D eigenvalue weighted by Gasteiger charge is -2.21. The van der Waals surface area contributed by atoms with Crippen molar-refractivity contribution in [3.05, 3.63) is 70.8 Å². The van der Waals surface area contributed by atoms with Gasteiger partial charge in [0.25, 0.3) is 0 Å². The summed E-state index contributed by atoms with van der Waals surface area (Å²) in [5.74, 6) is 1.01. The number of thioether (sulfide) groups is 1. The van der Waals surface area contributed by atoms with E-state index in [0.717, 1.165) is 5.75 Å². The first-order chi connectivity index (χ1) is 9.58. The van der Waals surface area contributed by atoms with Crippen molar-refractivity contribution in [2.45, 2.75) is 37.8 Å². The largest absolute Gasteiger partial charge is 0.327 e. The molecule has 0 fully saturated rings. The molecule has 2 N–H and O–H groups in total. The van der Waals surface area contributed by atoms with E-state index >= 15 is 0 Å². The summed E-state index contributed by atoms with van der Waals surface area (Å²) >= 11 is 1.93. The summed E-state index contributed by atoms with van der Waals surface area (Å²) in [6.45, 7) is 6.40. The molecule has 0 saturated heterocycles. The Hall–Kier alpha value is -1.25. The third-order valence-corrected chi connectivity index (χ3v) is 5.07. The van der Waals surface area contributed by atoms with Crippen LogP contribution in [0.1, 0.15) is 34.4 Å². The van der Waals surface area contributed by atoms with Crippen LogP contribution in [0.5, 0.6) is 0 Å². The van der Waals surface area contributed by atoms with E-state index in [1.165, 1.54) is 22.3 Å². The average molecular weight is 285 g/mol. The zero-order valence-electron chi connectivity index (χ0n) is 12.5. The summed E-state index contributed by atoms with van der Waals surface area (Å²) in [5.41, 5.74) is 11.6. The van der Waals surface area contributed by atoms with Gasteiger partial charge in [-0.15, -0.1) is 11.8 Å². The zero-order chi connectivity index (χ0) is 14.5. The Balaban J connectivity index is 2.13. The minimum atomic E-state index is 0.144. The van der Waals surface area contributed by atoms with Gasteiger partial charge in [0.2, 0.25) is 0 Å². The van der Waals surface area contributed by atoms with Crippen molar-refractivity contribution in [2.75, 3.05) is 0 Å². The van der Waals surface area contributed by atoms with E-state index in [4.69, 9.17) is 5.73 Å². The third-order valence-electron chi connectivity index (χ3n) is 3.53. The number of hydrogen-bond acceptors (Lipinski definition) is 2. The van der Waals surface area contributed by atoms with Crippen molar-refractivity contribution >= 4 is 11.8 Å². The lowest BCUT2D eigenvalue weighted by molar-refractivity contribution is 0.720. The maximum atomic E-state index is 6.20. The molecule has 0 radical (unpaired) electrons. The van der Waals surface area contributed by atoms with Gasteiger partial charge >= 0.3 is 0 Å². The number of hydrogen-bond donors (Lipinski definition) is 1. The standard InChI is InChI=1S/C18H23NS/c1-13-7-6-10-16(11-13)18(15(3)19)20-12-17-9-5-4-8-14(17)2/h4-11,15,18H,12,19H2,1-3H3. The molecule has 2 aromatic rings. The SMILES string of the molecule is Cc1cccc(C(SCc2ccccc2C)C(C)N)c1. The van der Waals surface area contributed by atoms with Crippen LogP contribution in [0.4, 0.5) is 0 Å². The summed E-state index contributed by atoms with van der Waals surface area (Å²) in [6.07, 6.45) is 0. The van der Waals surface area contributed by atoms with Crippen molar-refractivity contribution < 1.29 is 0 Å². The quantitative estimate of drug-likeness (QED) is 0.867. The topological polar surface area (TPSA) is 26.0 Å². The van der Waals surface area contributed by atoms with Gasteiger partial charge in [0.05, 0.1) is 0 Å². The van der Waals surface area contributed by atoms with E-state index in [2.05, 4.69) is 69.3 Å². The van der Waals surface area contributed by atoms with Gasteiger partial charge < -0.3 is 5.73 Å². The van der Waals surface area contributed by atoms with E-state index in [1.54, 1.807) is 0 Å². The van der Waals surface area contributed by atoms with E-state index in [1.807, 2.05) is 11.8 Å². The van der Waals surface area contributed by atoms with E-state index in [0.29, 0.717) is 5.25 Å². The molecule has 0 aromatic heterocycles. The number of rotatable bonds is 5. The molecule has 0 aliphatic rings. The fourth-order valence-electron chi connectivity index (χ4n) is 2.35. The van der Waals surface area contributed by atoms with Crippen LogP contribution in [0.15, 0.2) is 48.5 Å². The molecule has 106 valence electrons. The molecule has 0 spiro atoms. The number of aryl methyl sites for hydroxylation is 2. The highest BCUT2D eigenvalue weighted by Crippen LogP contribution is 2.34. The van der Waals surface area contributed by atoms with Gasteiger partial charge in [-0.2, -0.15) is 0 Å². The van der Waals surface area contributed by atoms with Gasteiger partial charge in [0.1, 0.15) is 0 Å². The van der Waals surface area contributed by atoms with Crippen LogP contribution in [-0.2, 0) is 5.75 Å². The Labute approximate surface area is 126 Å². The molecule has 0 saturated carbocycles. The molecule has 0 heterocycles. The number of nitrogens with two attached hydrogens (primary N) is 1. The van der Waals surface area contributed by atoms with Crippen molar-refractivity contribution in [1.82, 2.24) is 0 Å². The highest BCUT2D eigenvalue weighted by atomic mass is 32.2. The molecule has 2 rings (SSSR count). The van der Waals surface area contributed by atoms with Crippen LogP contribution >= 0.6 is 11.8 Å². The second-order valence-electron chi connectivity index (χ2n) is 5.43. The third kappa shape index (κ3) is 3.87. The second kappa shape index (κ2) is 6.96. The van der Waals surface area contributed by atoms with Crippen LogP contribution in [0.25, 0.3) is 0 Å². The highest BCUT2D eigenvalue weighted by molar-refractivity contribution is 7.98. The first kappa shape index (κ1) is 15.1. The number of benzene rings is 2. The minimum absolute atomic E-state index is 0.144. The van der Waals surface area contributed by atoms with Crippen LogP contribution < -0.4 is 5.73 Å². The molecule has 2 aromatic carbocycles. The molecule has 2 unspecified atom stereocenters. The summed E-state index contributed by atoms with van der Waals surface area (Å²) in [6, 6.07) is 17.4. The van der Waals surface area contributed by atoms with E-state index < -0.39 is 0 Å². The summed E-state index contributed by atoms with van der Waals surface area (Å²) in [7, 11) is 0. The highest BCUT2D eigenvalue weighted by Gasteiger charge is 2.17. The maximum Gasteiger partial charge on any atom is 0.0449 e. The molecule has 1 nitrogen and oxygen atoms in total. The Kier molecular flexibility index (Phi) is 5.27. The molecule has 0 amide bonds. The maximum absolute atomic E-state index is 6.20. The Morgan fingerprint density at radius 2 is 1.80 bits per heavy atom. The Bertz CT molecular complexity index is 563. The minimum Gasteiger partial charge on any atom is -0.327 e. The predicted octanol–water partition coefficient (Wildman–Crippen LogP) is 4.63. The fourth-order valence-corrected chi connectivity index (χ4v) is 3.68. The zero-order valence-corrected chi connectivity index (χ0v) is 13.3. The Morgan fingerprint density at radius 3 is 2.45 bits per heavy atom. The predicted molar refractivity (Wildman–Crippen MR) is 90.0 cm³/mol. The first-order valence-corrected chi connectivity index (χ1v) is 8.11. The van der Waals surface area contributed by atoms with Crippen LogP contribution in [0.2, 0.25) is 0 Å². The molecular weight excluding hydrogens is 262 g/mol. The van der Waals surface area contributed by atoms with Crippen molar-refractivity contribution in [3.63, 3.8) is 0 Å². The van der Waals surface area contributed by atoms with Crippen molar-refractivity contribution in [1.29, 1.82) is 0 Å². The molecule has 2 atom stereocenters. The molecule has 20 heavy (non-hydrogen) atoms. The monoisotopic (exact) mass is 285 g/mol. The molecule has 0 aliphatic carbocycles. The lowest BCUT2D eigenvalue weighted by Crippen LogP contribution is -2.22.